The van der Waals surface area contributed by atoms with E-state index in [1.807, 2.05) is 0 Å². The molecule has 0 bridgehead atoms. The molecule has 0 radical (unpaired) electrons. The van der Waals surface area contributed by atoms with Gasteiger partial charge in [0.25, 0.3) is 0 Å². The standard InChI is InChI=1S/C59H60N2O/c1-3-20-40(21-4-1)60(55-34-16-28-47-46-26-11-14-35-56(46)62-58(47)55)42-36-37-45-44-25-9-12-29-49(44)59(52(45)38-42)50-30-13-10-27-48(50)57-51(59)31-17-33-54(57)61(41-22-5-2-6-23-41)53-32-15-19-39-18-7-8-24-43(39)53/h1-6,8-9,12-14,17,20-25,29-31,33,35-39,43-45,48-50,52-53,55H,7,10-11,15-16,18-19,26-28,32,34H2. The highest BCUT2D eigenvalue weighted by molar-refractivity contribution is 5.74. The number of hydrogen-bond donors (Lipinski definition) is 0. The van der Waals surface area contributed by atoms with Crippen molar-refractivity contribution in [2.45, 2.75) is 100 Å². The maximum absolute atomic E-state index is 6.95. The molecule has 11 unspecified atom stereocenters. The largest absolute Gasteiger partial charge is 0.459 e. The van der Waals surface area contributed by atoms with Crippen molar-refractivity contribution < 1.29 is 4.42 Å². The number of benzene rings is 3. The lowest BCUT2D eigenvalue weighted by molar-refractivity contribution is 0.208. The summed E-state index contributed by atoms with van der Waals surface area (Å²) >= 11 is 0. The molecule has 3 aromatic carbocycles. The highest BCUT2D eigenvalue weighted by atomic mass is 16.3. The molecule has 62 heavy (non-hydrogen) atoms. The van der Waals surface area contributed by atoms with Gasteiger partial charge in [0, 0.05) is 45.7 Å². The van der Waals surface area contributed by atoms with Gasteiger partial charge in [0.15, 0.2) is 0 Å². The average molecular weight is 813 g/mol. The van der Waals surface area contributed by atoms with Crippen LogP contribution >= 0.6 is 0 Å². The number of furan rings is 1. The van der Waals surface area contributed by atoms with Crippen LogP contribution in [0, 0.1) is 41.4 Å². The van der Waals surface area contributed by atoms with Crippen LogP contribution in [0.15, 0.2) is 162 Å². The van der Waals surface area contributed by atoms with Gasteiger partial charge in [-0.3, -0.25) is 0 Å². The molecule has 3 heteroatoms. The molecule has 9 aliphatic rings. The van der Waals surface area contributed by atoms with E-state index in [0.717, 1.165) is 43.8 Å². The summed E-state index contributed by atoms with van der Waals surface area (Å²) < 4.78 is 6.95. The molecule has 1 heterocycles. The first-order valence-electron chi connectivity index (χ1n) is 24.5. The van der Waals surface area contributed by atoms with E-state index in [1.54, 1.807) is 11.1 Å². The number of fused-ring (bicyclic) bond motifs is 14. The minimum atomic E-state index is -0.0730. The van der Waals surface area contributed by atoms with Crippen LogP contribution in [0.25, 0.3) is 6.08 Å². The summed E-state index contributed by atoms with van der Waals surface area (Å²) in [5.74, 6) is 6.22. The third-order valence-corrected chi connectivity index (χ3v) is 17.5. The molecular weight excluding hydrogens is 753 g/mol. The molecule has 3 nitrogen and oxygen atoms in total. The number of nitrogens with zero attached hydrogens (tertiary/aromatic N) is 2. The van der Waals surface area contributed by atoms with E-state index in [4.69, 9.17) is 4.42 Å². The van der Waals surface area contributed by atoms with E-state index < -0.39 is 0 Å². The molecule has 0 amide bonds. The van der Waals surface area contributed by atoms with Gasteiger partial charge in [-0.25, -0.2) is 0 Å². The van der Waals surface area contributed by atoms with Crippen LogP contribution in [-0.4, -0.2) is 6.04 Å². The topological polar surface area (TPSA) is 19.6 Å². The minimum Gasteiger partial charge on any atom is -0.459 e. The quantitative estimate of drug-likeness (QED) is 0.181. The van der Waals surface area contributed by atoms with Gasteiger partial charge in [0.2, 0.25) is 0 Å². The Hall–Kier alpha value is -5.28. The van der Waals surface area contributed by atoms with Gasteiger partial charge >= 0.3 is 0 Å². The molecule has 13 rings (SSSR count). The van der Waals surface area contributed by atoms with E-state index in [2.05, 4.69) is 168 Å². The minimum absolute atomic E-state index is 0.0730. The van der Waals surface area contributed by atoms with E-state index >= 15 is 0 Å². The van der Waals surface area contributed by atoms with Gasteiger partial charge in [0.1, 0.15) is 11.5 Å². The van der Waals surface area contributed by atoms with Gasteiger partial charge < -0.3 is 14.2 Å². The smallest absolute Gasteiger partial charge is 0.130 e. The first-order valence-corrected chi connectivity index (χ1v) is 24.5. The molecule has 9 aliphatic carbocycles. The zero-order chi connectivity index (χ0) is 40.8. The summed E-state index contributed by atoms with van der Waals surface area (Å²) in [5.41, 5.74) is 11.6. The van der Waals surface area contributed by atoms with Crippen molar-refractivity contribution in [2.75, 3.05) is 9.80 Å². The van der Waals surface area contributed by atoms with Crippen molar-refractivity contribution in [3.8, 4) is 0 Å². The fraction of sp³-hybridized carbons (Fsp3) is 0.390. The summed E-state index contributed by atoms with van der Waals surface area (Å²) in [6.45, 7) is 0. The van der Waals surface area contributed by atoms with Crippen molar-refractivity contribution >= 4 is 23.1 Å². The van der Waals surface area contributed by atoms with Crippen molar-refractivity contribution in [1.82, 2.24) is 0 Å². The Kier molecular flexibility index (Phi) is 8.98. The number of para-hydroxylation sites is 2. The second-order valence-corrected chi connectivity index (χ2v) is 20.1. The highest BCUT2D eigenvalue weighted by Gasteiger charge is 2.67. The Morgan fingerprint density at radius 3 is 2.26 bits per heavy atom. The third-order valence-electron chi connectivity index (χ3n) is 17.5. The molecule has 4 aromatic rings. The summed E-state index contributed by atoms with van der Waals surface area (Å²) in [4.78, 5) is 5.57. The van der Waals surface area contributed by atoms with Crippen LogP contribution < -0.4 is 9.80 Å². The Morgan fingerprint density at radius 2 is 1.37 bits per heavy atom. The summed E-state index contributed by atoms with van der Waals surface area (Å²) in [6, 6.07) is 31.0. The van der Waals surface area contributed by atoms with E-state index in [1.165, 1.54) is 84.6 Å². The molecule has 0 N–H and O–H groups in total. The fourth-order valence-corrected chi connectivity index (χ4v) is 15.2. The summed E-state index contributed by atoms with van der Waals surface area (Å²) in [6.07, 6.45) is 47.3. The second kappa shape index (κ2) is 14.9. The van der Waals surface area contributed by atoms with Gasteiger partial charge in [-0.05, 0) is 171 Å². The molecule has 2 fully saturated rings. The maximum atomic E-state index is 6.95. The predicted octanol–water partition coefficient (Wildman–Crippen LogP) is 14.5. The normalized spacial score (nSPS) is 34.1. The first-order chi connectivity index (χ1) is 30.8. The zero-order valence-corrected chi connectivity index (χ0v) is 36.1. The van der Waals surface area contributed by atoms with Crippen molar-refractivity contribution in [3.05, 3.63) is 191 Å². The second-order valence-electron chi connectivity index (χ2n) is 20.1. The first kappa shape index (κ1) is 37.3. The van der Waals surface area contributed by atoms with Crippen LogP contribution in [0.3, 0.4) is 0 Å². The molecule has 312 valence electrons. The lowest BCUT2D eigenvalue weighted by Gasteiger charge is -2.46. The molecule has 11 atom stereocenters. The van der Waals surface area contributed by atoms with E-state index in [0.29, 0.717) is 47.5 Å². The third kappa shape index (κ3) is 5.48. The zero-order valence-electron chi connectivity index (χ0n) is 36.1. The number of anilines is 3. The van der Waals surface area contributed by atoms with Gasteiger partial charge in [-0.15, -0.1) is 0 Å². The van der Waals surface area contributed by atoms with Crippen molar-refractivity contribution in [2.24, 2.45) is 41.4 Å². The monoisotopic (exact) mass is 812 g/mol. The Morgan fingerprint density at radius 1 is 0.565 bits per heavy atom. The van der Waals surface area contributed by atoms with Crippen LogP contribution in [0.4, 0.5) is 17.1 Å². The van der Waals surface area contributed by atoms with Crippen LogP contribution in [0.5, 0.6) is 0 Å². The number of allylic oxidation sites excluding steroid dienone is 11. The van der Waals surface area contributed by atoms with Crippen LogP contribution in [0.1, 0.15) is 110 Å². The van der Waals surface area contributed by atoms with E-state index in [-0.39, 0.29) is 11.5 Å². The average Bonchev–Trinajstić information content (AvgIpc) is 3.97. The van der Waals surface area contributed by atoms with Gasteiger partial charge in [0.05, 0.1) is 6.04 Å². The maximum Gasteiger partial charge on any atom is 0.130 e. The van der Waals surface area contributed by atoms with Gasteiger partial charge in [-0.1, -0.05) is 122 Å². The molecule has 0 saturated heterocycles. The van der Waals surface area contributed by atoms with Crippen LogP contribution in [0.2, 0.25) is 0 Å². The molecule has 1 aromatic heterocycles. The molecule has 1 spiro atoms. The summed E-state index contributed by atoms with van der Waals surface area (Å²) in [5, 5.41) is 0. The van der Waals surface area contributed by atoms with Crippen molar-refractivity contribution in [1.29, 1.82) is 0 Å². The number of rotatable bonds is 6. The predicted molar refractivity (Wildman–Crippen MR) is 254 cm³/mol. The van der Waals surface area contributed by atoms with Crippen molar-refractivity contribution in [3.63, 3.8) is 0 Å². The Balaban J connectivity index is 1.00. The SMILES string of the molecule is C1=CC2C3C=CC(N(c4ccccc4)C4CCCc5c4oc4c5CCC=C4)=CC3C3(c4cccc(N(c5ccccc5)C5CCCC6CCC=CC65)c4C4CCC=CC43)C2C=C1. The lowest BCUT2D eigenvalue weighted by Crippen LogP contribution is -2.44. The Bertz CT molecular complexity index is 2580. The van der Waals surface area contributed by atoms with Crippen LogP contribution in [-0.2, 0) is 18.3 Å². The lowest BCUT2D eigenvalue weighted by atomic mass is 9.58. The van der Waals surface area contributed by atoms with Gasteiger partial charge in [-0.2, -0.15) is 0 Å². The Labute approximate surface area is 369 Å². The molecular formula is C59H60N2O. The molecule has 2 saturated carbocycles. The number of hydrogen-bond acceptors (Lipinski definition) is 3. The van der Waals surface area contributed by atoms with E-state index in [9.17, 15) is 0 Å². The molecule has 0 aliphatic heterocycles. The fourth-order valence-electron chi connectivity index (χ4n) is 15.2. The summed E-state index contributed by atoms with van der Waals surface area (Å²) in [7, 11) is 0. The highest BCUT2D eigenvalue weighted by Crippen LogP contribution is 2.71.